The van der Waals surface area contributed by atoms with Crippen LogP contribution >= 0.6 is 24.0 Å². The number of hydrogen-bond acceptors (Lipinski definition) is 3. The predicted octanol–water partition coefficient (Wildman–Crippen LogP) is 3.00. The molecule has 1 aliphatic rings. The van der Waals surface area contributed by atoms with Crippen LogP contribution in [0.3, 0.4) is 0 Å². The van der Waals surface area contributed by atoms with Crippen LogP contribution in [-0.4, -0.2) is 57.0 Å². The Hall–Kier alpha value is -1.32. The molecule has 7 heteroatoms. The fourth-order valence-corrected chi connectivity index (χ4v) is 3.22. The van der Waals surface area contributed by atoms with Gasteiger partial charge in [0.15, 0.2) is 5.96 Å². The van der Waals surface area contributed by atoms with E-state index in [9.17, 15) is 0 Å². The Kier molecular flexibility index (Phi) is 9.36. The average Bonchev–Trinajstić information content (AvgIpc) is 3.29. The van der Waals surface area contributed by atoms with Crippen LogP contribution in [0.25, 0.3) is 10.9 Å². The molecule has 0 amide bonds. The van der Waals surface area contributed by atoms with Crippen LogP contribution < -0.4 is 10.6 Å². The summed E-state index contributed by atoms with van der Waals surface area (Å²) in [5.74, 6) is 0.838. The van der Waals surface area contributed by atoms with E-state index in [1.807, 2.05) is 0 Å². The number of nitrogens with zero attached hydrogens (tertiary/aromatic N) is 1. The molecule has 150 valence electrons. The van der Waals surface area contributed by atoms with Gasteiger partial charge in [0.25, 0.3) is 0 Å². The van der Waals surface area contributed by atoms with E-state index in [0.29, 0.717) is 0 Å². The Morgan fingerprint density at radius 3 is 2.96 bits per heavy atom. The van der Waals surface area contributed by atoms with Gasteiger partial charge in [-0.1, -0.05) is 12.1 Å². The van der Waals surface area contributed by atoms with Crippen molar-refractivity contribution < 1.29 is 9.47 Å². The van der Waals surface area contributed by atoms with Crippen LogP contribution in [0.4, 0.5) is 0 Å². The lowest BCUT2D eigenvalue weighted by atomic mass is 10.1. The molecule has 2 heterocycles. The van der Waals surface area contributed by atoms with E-state index in [1.54, 1.807) is 7.05 Å². The number of aromatic nitrogens is 1. The fraction of sp³-hybridized carbons (Fsp3) is 0.550. The highest BCUT2D eigenvalue weighted by molar-refractivity contribution is 14.0. The minimum Gasteiger partial charge on any atom is -0.379 e. The molecule has 3 rings (SSSR count). The van der Waals surface area contributed by atoms with Crippen molar-refractivity contribution in [2.24, 2.45) is 4.99 Å². The van der Waals surface area contributed by atoms with Crippen LogP contribution in [0.5, 0.6) is 0 Å². The monoisotopic (exact) mass is 486 g/mol. The first-order chi connectivity index (χ1) is 12.8. The number of aliphatic imine (C=N–C) groups is 1. The summed E-state index contributed by atoms with van der Waals surface area (Å²) in [5.41, 5.74) is 3.81. The van der Waals surface area contributed by atoms with Crippen molar-refractivity contribution in [3.8, 4) is 0 Å². The van der Waals surface area contributed by atoms with Gasteiger partial charge in [0, 0.05) is 50.5 Å². The minimum atomic E-state index is 0. The van der Waals surface area contributed by atoms with Gasteiger partial charge in [0.1, 0.15) is 0 Å². The Morgan fingerprint density at radius 2 is 2.19 bits per heavy atom. The summed E-state index contributed by atoms with van der Waals surface area (Å²) in [5, 5.41) is 8.02. The van der Waals surface area contributed by atoms with Crippen molar-refractivity contribution in [2.75, 3.05) is 40.0 Å². The molecule has 0 spiro atoms. The zero-order chi connectivity index (χ0) is 18.2. The highest BCUT2D eigenvalue weighted by Gasteiger charge is 2.15. The lowest BCUT2D eigenvalue weighted by Crippen LogP contribution is -2.39. The molecular weight excluding hydrogens is 455 g/mol. The van der Waals surface area contributed by atoms with Crippen LogP contribution in [-0.2, 0) is 15.9 Å². The molecule has 1 saturated heterocycles. The Morgan fingerprint density at radius 1 is 1.33 bits per heavy atom. The largest absolute Gasteiger partial charge is 0.379 e. The van der Waals surface area contributed by atoms with Gasteiger partial charge >= 0.3 is 0 Å². The Labute approximate surface area is 178 Å². The predicted molar refractivity (Wildman–Crippen MR) is 121 cm³/mol. The summed E-state index contributed by atoms with van der Waals surface area (Å²) in [6.45, 7) is 6.13. The van der Waals surface area contributed by atoms with E-state index in [1.165, 1.54) is 22.0 Å². The minimum absolute atomic E-state index is 0. The van der Waals surface area contributed by atoms with E-state index >= 15 is 0 Å². The second-order valence-electron chi connectivity index (χ2n) is 6.75. The fourth-order valence-electron chi connectivity index (χ4n) is 3.22. The third kappa shape index (κ3) is 6.65. The quantitative estimate of drug-likeness (QED) is 0.232. The standard InChI is InChI=1S/C20H30N4O2.HI/c1-15-4-5-18-16(13-24-19(18)12-15)6-9-23-20(21-2)22-8-3-10-26-17-7-11-25-14-17;/h4-5,12-13,17,24H,3,6-11,14H2,1-2H3,(H2,21,22,23);1H. The van der Waals surface area contributed by atoms with Gasteiger partial charge in [-0.25, -0.2) is 0 Å². The molecule has 0 aliphatic carbocycles. The lowest BCUT2D eigenvalue weighted by Gasteiger charge is -2.13. The Bertz CT molecular complexity index is 726. The number of halogens is 1. The molecular formula is C20H31IN4O2. The second-order valence-corrected chi connectivity index (χ2v) is 6.75. The number of H-pyrrole nitrogens is 1. The highest BCUT2D eigenvalue weighted by atomic mass is 127. The highest BCUT2D eigenvalue weighted by Crippen LogP contribution is 2.19. The maximum absolute atomic E-state index is 5.77. The van der Waals surface area contributed by atoms with Crippen molar-refractivity contribution in [1.29, 1.82) is 0 Å². The first-order valence-corrected chi connectivity index (χ1v) is 9.47. The summed E-state index contributed by atoms with van der Waals surface area (Å²) in [7, 11) is 1.80. The first-order valence-electron chi connectivity index (χ1n) is 9.47. The van der Waals surface area contributed by atoms with Crippen LogP contribution in [0.1, 0.15) is 24.0 Å². The van der Waals surface area contributed by atoms with Crippen LogP contribution in [0, 0.1) is 6.92 Å². The first kappa shape index (κ1) is 22.0. The van der Waals surface area contributed by atoms with E-state index in [4.69, 9.17) is 9.47 Å². The van der Waals surface area contributed by atoms with E-state index in [0.717, 1.165) is 58.1 Å². The summed E-state index contributed by atoms with van der Waals surface area (Å²) in [6, 6.07) is 6.54. The number of benzene rings is 1. The second kappa shape index (κ2) is 11.5. The third-order valence-electron chi connectivity index (χ3n) is 4.69. The molecule has 27 heavy (non-hydrogen) atoms. The topological polar surface area (TPSA) is 70.7 Å². The van der Waals surface area contributed by atoms with Crippen LogP contribution in [0.2, 0.25) is 0 Å². The number of hydrogen-bond donors (Lipinski definition) is 3. The van der Waals surface area contributed by atoms with Gasteiger partial charge in [-0.3, -0.25) is 4.99 Å². The number of guanidine groups is 1. The SMILES string of the molecule is CN=C(NCCCOC1CCOC1)NCCc1c[nH]c2cc(C)ccc12.I. The maximum Gasteiger partial charge on any atom is 0.190 e. The Balaban J connectivity index is 0.00000261. The van der Waals surface area contributed by atoms with Gasteiger partial charge in [-0.05, 0) is 43.4 Å². The van der Waals surface area contributed by atoms with Crippen molar-refractivity contribution >= 4 is 40.8 Å². The number of fused-ring (bicyclic) bond motifs is 1. The van der Waals surface area contributed by atoms with E-state index < -0.39 is 0 Å². The smallest absolute Gasteiger partial charge is 0.190 e. The lowest BCUT2D eigenvalue weighted by molar-refractivity contribution is 0.0420. The number of ether oxygens (including phenoxy) is 2. The summed E-state index contributed by atoms with van der Waals surface area (Å²) in [6.07, 6.45) is 5.32. The molecule has 1 aromatic carbocycles. The number of aryl methyl sites for hydroxylation is 1. The third-order valence-corrected chi connectivity index (χ3v) is 4.69. The van der Waals surface area contributed by atoms with Gasteiger partial charge < -0.3 is 25.1 Å². The molecule has 3 N–H and O–H groups in total. The number of nitrogens with one attached hydrogen (secondary N) is 3. The summed E-state index contributed by atoms with van der Waals surface area (Å²) in [4.78, 5) is 7.64. The molecule has 1 aliphatic heterocycles. The van der Waals surface area contributed by atoms with Gasteiger partial charge in [0.2, 0.25) is 0 Å². The number of aromatic amines is 1. The van der Waals surface area contributed by atoms with Crippen molar-refractivity contribution in [2.45, 2.75) is 32.3 Å². The van der Waals surface area contributed by atoms with Gasteiger partial charge in [0.05, 0.1) is 12.7 Å². The number of rotatable bonds is 8. The summed E-state index contributed by atoms with van der Waals surface area (Å²) < 4.78 is 11.1. The van der Waals surface area contributed by atoms with Crippen molar-refractivity contribution in [3.05, 3.63) is 35.5 Å². The molecule has 1 aromatic heterocycles. The molecule has 1 unspecified atom stereocenters. The molecule has 0 bridgehead atoms. The molecule has 1 atom stereocenters. The molecule has 1 fully saturated rings. The molecule has 0 saturated carbocycles. The van der Waals surface area contributed by atoms with E-state index in [2.05, 4.69) is 51.9 Å². The maximum atomic E-state index is 5.77. The average molecular weight is 486 g/mol. The van der Waals surface area contributed by atoms with Crippen molar-refractivity contribution in [3.63, 3.8) is 0 Å². The molecule has 0 radical (unpaired) electrons. The van der Waals surface area contributed by atoms with Gasteiger partial charge in [-0.2, -0.15) is 0 Å². The van der Waals surface area contributed by atoms with E-state index in [-0.39, 0.29) is 30.1 Å². The molecule has 2 aromatic rings. The summed E-state index contributed by atoms with van der Waals surface area (Å²) >= 11 is 0. The van der Waals surface area contributed by atoms with Gasteiger partial charge in [-0.15, -0.1) is 24.0 Å². The normalized spacial score (nSPS) is 17.1. The molecule has 6 nitrogen and oxygen atoms in total. The van der Waals surface area contributed by atoms with Crippen LogP contribution in [0.15, 0.2) is 29.4 Å². The van der Waals surface area contributed by atoms with Crippen molar-refractivity contribution in [1.82, 2.24) is 15.6 Å². The zero-order valence-corrected chi connectivity index (χ0v) is 18.5. The zero-order valence-electron chi connectivity index (χ0n) is 16.2.